The van der Waals surface area contributed by atoms with Crippen molar-refractivity contribution in [3.05, 3.63) is 287 Å². The highest BCUT2D eigenvalue weighted by molar-refractivity contribution is 5.24. The van der Waals surface area contributed by atoms with Gasteiger partial charge in [-0.1, -0.05) is 243 Å². The van der Waals surface area contributed by atoms with E-state index in [0.717, 1.165) is 78.0 Å². The SMILES string of the molecule is c1ccc(C[C@H]2CN(Cc3ccccc3)[C@@H](Cc3ccccc3)CN(Cc3ccccc3)[C@@H](Cc3ccccc3)CN(Cc3ccccc3)[C@@H](Cc3ccccc3)CN2Cc2ccccc2)cc1. The fourth-order valence-electron chi connectivity index (χ4n) is 10.5. The zero-order valence-electron chi connectivity index (χ0n) is 39.7. The minimum atomic E-state index is 0.221. The summed E-state index contributed by atoms with van der Waals surface area (Å²) in [6, 6.07) is 91.1. The summed E-state index contributed by atoms with van der Waals surface area (Å²) in [4.78, 5) is 11.6. The molecule has 8 aromatic rings. The van der Waals surface area contributed by atoms with E-state index < -0.39 is 0 Å². The summed E-state index contributed by atoms with van der Waals surface area (Å²) in [5.74, 6) is 0. The standard InChI is InChI=1S/C64H68N4/c1-9-25-53(26-10-1)41-61-49-66(46-58-35-19-6-20-36-58)63(43-55-29-13-3-14-30-55)51-68(48-60-39-23-8-24-40-60)64(44-56-31-15-4-16-32-56)52-67(47-59-37-21-7-22-38-59)62(42-54-27-11-2-12-28-54)50-65(61)45-57-33-17-5-18-34-57/h1-40,61-64H,41-52H2/t61-,62-,63-,64-/m0/s1. The number of hydrogen-bond donors (Lipinski definition) is 0. The van der Waals surface area contributed by atoms with Crippen molar-refractivity contribution in [2.24, 2.45) is 0 Å². The Morgan fingerprint density at radius 1 is 0.206 bits per heavy atom. The molecule has 0 radical (unpaired) electrons. The third kappa shape index (κ3) is 13.8. The lowest BCUT2D eigenvalue weighted by molar-refractivity contribution is 0.0181. The quantitative estimate of drug-likeness (QED) is 0.0958. The Kier molecular flexibility index (Phi) is 16.9. The summed E-state index contributed by atoms with van der Waals surface area (Å²) in [7, 11) is 0. The number of hydrogen-bond acceptors (Lipinski definition) is 4. The minimum Gasteiger partial charge on any atom is -0.293 e. The van der Waals surface area contributed by atoms with Crippen LogP contribution in [0.25, 0.3) is 0 Å². The molecule has 9 rings (SSSR count). The van der Waals surface area contributed by atoms with Crippen LogP contribution in [0.5, 0.6) is 0 Å². The van der Waals surface area contributed by atoms with Crippen molar-refractivity contribution in [2.75, 3.05) is 26.2 Å². The van der Waals surface area contributed by atoms with Gasteiger partial charge in [0.1, 0.15) is 0 Å². The van der Waals surface area contributed by atoms with E-state index in [1.54, 1.807) is 0 Å². The molecule has 1 saturated heterocycles. The molecule has 1 heterocycles. The summed E-state index contributed by atoms with van der Waals surface area (Å²) >= 11 is 0. The second-order valence-electron chi connectivity index (χ2n) is 19.0. The van der Waals surface area contributed by atoms with Crippen LogP contribution >= 0.6 is 0 Å². The van der Waals surface area contributed by atoms with Gasteiger partial charge in [0.2, 0.25) is 0 Å². The topological polar surface area (TPSA) is 13.0 Å². The van der Waals surface area contributed by atoms with Gasteiger partial charge in [0.25, 0.3) is 0 Å². The average molecular weight is 893 g/mol. The minimum absolute atomic E-state index is 0.221. The Labute approximate surface area is 407 Å². The van der Waals surface area contributed by atoms with E-state index in [1.807, 2.05) is 0 Å². The molecule has 0 N–H and O–H groups in total. The van der Waals surface area contributed by atoms with Crippen LogP contribution in [0.1, 0.15) is 44.5 Å². The van der Waals surface area contributed by atoms with Gasteiger partial charge < -0.3 is 0 Å². The molecule has 0 unspecified atom stereocenters. The van der Waals surface area contributed by atoms with Gasteiger partial charge in [0.15, 0.2) is 0 Å². The number of benzene rings is 8. The van der Waals surface area contributed by atoms with Gasteiger partial charge >= 0.3 is 0 Å². The fourth-order valence-corrected chi connectivity index (χ4v) is 10.5. The Balaban J connectivity index is 1.25. The molecule has 4 atom stereocenters. The first-order valence-electron chi connectivity index (χ1n) is 24.9. The van der Waals surface area contributed by atoms with Crippen molar-refractivity contribution in [3.8, 4) is 0 Å². The molecule has 1 aliphatic rings. The van der Waals surface area contributed by atoms with Crippen LogP contribution in [0.15, 0.2) is 243 Å². The maximum Gasteiger partial charge on any atom is 0.0267 e. The molecule has 1 aliphatic heterocycles. The fraction of sp³-hybridized carbons (Fsp3) is 0.250. The Hall–Kier alpha value is -6.40. The van der Waals surface area contributed by atoms with E-state index in [0.29, 0.717) is 0 Å². The molecule has 0 amide bonds. The van der Waals surface area contributed by atoms with Crippen LogP contribution in [-0.2, 0) is 51.9 Å². The molecule has 0 aliphatic carbocycles. The van der Waals surface area contributed by atoms with Gasteiger partial charge in [0.05, 0.1) is 0 Å². The van der Waals surface area contributed by atoms with Crippen molar-refractivity contribution in [1.29, 1.82) is 0 Å². The summed E-state index contributed by atoms with van der Waals surface area (Å²) < 4.78 is 0. The van der Waals surface area contributed by atoms with E-state index in [9.17, 15) is 0 Å². The molecule has 0 aromatic heterocycles. The van der Waals surface area contributed by atoms with E-state index in [4.69, 9.17) is 0 Å². The van der Waals surface area contributed by atoms with Crippen LogP contribution in [0.2, 0.25) is 0 Å². The van der Waals surface area contributed by atoms with E-state index in [-0.39, 0.29) is 24.2 Å². The smallest absolute Gasteiger partial charge is 0.0267 e. The van der Waals surface area contributed by atoms with Gasteiger partial charge in [-0.2, -0.15) is 0 Å². The lowest BCUT2D eigenvalue weighted by atomic mass is 9.94. The summed E-state index contributed by atoms with van der Waals surface area (Å²) in [5, 5.41) is 0. The Morgan fingerprint density at radius 2 is 0.353 bits per heavy atom. The zero-order chi connectivity index (χ0) is 46.0. The maximum absolute atomic E-state index is 2.89. The highest BCUT2D eigenvalue weighted by Crippen LogP contribution is 2.27. The first kappa shape index (κ1) is 46.7. The molecular weight excluding hydrogens is 825 g/mol. The summed E-state index contributed by atoms with van der Waals surface area (Å²) in [6.07, 6.45) is 3.83. The van der Waals surface area contributed by atoms with Crippen LogP contribution in [0.4, 0.5) is 0 Å². The Morgan fingerprint density at radius 3 is 0.515 bits per heavy atom. The molecule has 0 spiro atoms. The van der Waals surface area contributed by atoms with E-state index >= 15 is 0 Å². The summed E-state index contributed by atoms with van der Waals surface area (Å²) in [6.45, 7) is 7.19. The third-order valence-electron chi connectivity index (χ3n) is 14.0. The van der Waals surface area contributed by atoms with Crippen LogP contribution in [0, 0.1) is 0 Å². The molecule has 1 fully saturated rings. The molecule has 344 valence electrons. The second-order valence-corrected chi connectivity index (χ2v) is 19.0. The molecule has 8 aromatic carbocycles. The van der Waals surface area contributed by atoms with Crippen LogP contribution < -0.4 is 0 Å². The van der Waals surface area contributed by atoms with Gasteiger partial charge in [-0.3, -0.25) is 19.6 Å². The van der Waals surface area contributed by atoms with Gasteiger partial charge in [-0.15, -0.1) is 0 Å². The van der Waals surface area contributed by atoms with E-state index in [1.165, 1.54) is 44.5 Å². The van der Waals surface area contributed by atoms with Crippen molar-refractivity contribution in [2.45, 2.75) is 76.0 Å². The predicted octanol–water partition coefficient (Wildman–Crippen LogP) is 12.5. The largest absolute Gasteiger partial charge is 0.293 e. The first-order valence-corrected chi connectivity index (χ1v) is 24.9. The summed E-state index contributed by atoms with van der Waals surface area (Å²) in [5.41, 5.74) is 11.0. The van der Waals surface area contributed by atoms with Crippen molar-refractivity contribution >= 4 is 0 Å². The normalized spacial score (nSPS) is 19.2. The first-order chi connectivity index (χ1) is 33.7. The van der Waals surface area contributed by atoms with Crippen molar-refractivity contribution in [3.63, 3.8) is 0 Å². The van der Waals surface area contributed by atoms with Gasteiger partial charge in [0, 0.05) is 76.5 Å². The Bertz CT molecular complexity index is 2040. The van der Waals surface area contributed by atoms with Crippen molar-refractivity contribution in [1.82, 2.24) is 19.6 Å². The lowest BCUT2D eigenvalue weighted by Gasteiger charge is -2.47. The second kappa shape index (κ2) is 24.6. The molecule has 4 nitrogen and oxygen atoms in total. The number of rotatable bonds is 16. The average Bonchev–Trinajstić information content (AvgIpc) is 3.39. The molecule has 0 saturated carbocycles. The maximum atomic E-state index is 2.89. The zero-order valence-corrected chi connectivity index (χ0v) is 39.7. The highest BCUT2D eigenvalue weighted by Gasteiger charge is 2.35. The number of nitrogens with zero attached hydrogens (tertiary/aromatic N) is 4. The molecular formula is C64H68N4. The van der Waals surface area contributed by atoms with Crippen LogP contribution in [-0.4, -0.2) is 69.9 Å². The van der Waals surface area contributed by atoms with Gasteiger partial charge in [-0.05, 0) is 70.2 Å². The van der Waals surface area contributed by atoms with Gasteiger partial charge in [-0.25, -0.2) is 0 Å². The third-order valence-corrected chi connectivity index (χ3v) is 14.0. The monoisotopic (exact) mass is 893 g/mol. The molecule has 4 heteroatoms. The highest BCUT2D eigenvalue weighted by atomic mass is 15.3. The van der Waals surface area contributed by atoms with Crippen LogP contribution in [0.3, 0.4) is 0 Å². The molecule has 68 heavy (non-hydrogen) atoms. The molecule has 0 bridgehead atoms. The van der Waals surface area contributed by atoms with Crippen molar-refractivity contribution < 1.29 is 0 Å². The van der Waals surface area contributed by atoms with E-state index in [2.05, 4.69) is 262 Å². The predicted molar refractivity (Wildman–Crippen MR) is 283 cm³/mol. The lowest BCUT2D eigenvalue weighted by Crippen LogP contribution is -2.58.